The third-order valence-electron chi connectivity index (χ3n) is 4.23. The van der Waals surface area contributed by atoms with E-state index < -0.39 is 10.0 Å². The summed E-state index contributed by atoms with van der Waals surface area (Å²) >= 11 is 6.88. The van der Waals surface area contributed by atoms with Crippen LogP contribution in [0, 0.1) is 6.92 Å². The predicted molar refractivity (Wildman–Crippen MR) is 103 cm³/mol. The zero-order valence-electron chi connectivity index (χ0n) is 14.3. The van der Waals surface area contributed by atoms with Gasteiger partial charge in [-0.15, -0.1) is 11.3 Å². The molecule has 0 atom stereocenters. The first-order valence-corrected chi connectivity index (χ1v) is 10.8. The van der Waals surface area contributed by atoms with Crippen molar-refractivity contribution in [1.82, 2.24) is 14.5 Å². The van der Waals surface area contributed by atoms with E-state index in [1.165, 1.54) is 15.9 Å². The van der Waals surface area contributed by atoms with Gasteiger partial charge in [-0.25, -0.2) is 13.2 Å². The quantitative estimate of drug-likeness (QED) is 0.837. The van der Waals surface area contributed by atoms with Gasteiger partial charge in [0, 0.05) is 32.7 Å². The minimum Gasteiger partial charge on any atom is -0.334 e. The van der Waals surface area contributed by atoms with Crippen molar-refractivity contribution >= 4 is 39.0 Å². The van der Waals surface area contributed by atoms with Crippen molar-refractivity contribution in [2.45, 2.75) is 17.7 Å². The number of amides is 2. The summed E-state index contributed by atoms with van der Waals surface area (Å²) in [6.45, 7) is 3.73. The zero-order valence-corrected chi connectivity index (χ0v) is 16.7. The number of thiophene rings is 1. The minimum absolute atomic E-state index is 0.179. The lowest BCUT2D eigenvalue weighted by Gasteiger charge is -2.33. The molecule has 0 spiro atoms. The van der Waals surface area contributed by atoms with E-state index in [2.05, 4.69) is 5.32 Å². The van der Waals surface area contributed by atoms with Crippen LogP contribution in [0.3, 0.4) is 0 Å². The Labute approximate surface area is 162 Å². The molecule has 0 aliphatic carbocycles. The second kappa shape index (κ2) is 7.96. The lowest BCUT2D eigenvalue weighted by Crippen LogP contribution is -2.52. The van der Waals surface area contributed by atoms with Crippen LogP contribution in [0.15, 0.2) is 40.6 Å². The summed E-state index contributed by atoms with van der Waals surface area (Å²) in [6.07, 6.45) is 0. The smallest absolute Gasteiger partial charge is 0.317 e. The molecule has 3 rings (SSSR count). The summed E-state index contributed by atoms with van der Waals surface area (Å²) in [7, 11) is -3.54. The highest BCUT2D eigenvalue weighted by atomic mass is 35.5. The Balaban J connectivity index is 1.53. The summed E-state index contributed by atoms with van der Waals surface area (Å²) in [5.74, 6) is 0. The third-order valence-corrected chi connectivity index (χ3v) is 7.83. The van der Waals surface area contributed by atoms with E-state index in [1.807, 2.05) is 31.2 Å². The van der Waals surface area contributed by atoms with Crippen LogP contribution in [0.2, 0.25) is 4.34 Å². The van der Waals surface area contributed by atoms with E-state index >= 15 is 0 Å². The second-order valence-corrected chi connectivity index (χ2v) is 9.97. The zero-order chi connectivity index (χ0) is 18.7. The van der Waals surface area contributed by atoms with Gasteiger partial charge in [0.2, 0.25) is 0 Å². The molecule has 0 radical (unpaired) electrons. The predicted octanol–water partition coefficient (Wildman–Crippen LogP) is 2.93. The first-order valence-electron chi connectivity index (χ1n) is 8.20. The Morgan fingerprint density at radius 2 is 1.77 bits per heavy atom. The lowest BCUT2D eigenvalue weighted by atomic mass is 10.1. The van der Waals surface area contributed by atoms with Crippen molar-refractivity contribution in [2.75, 3.05) is 26.2 Å². The Morgan fingerprint density at radius 1 is 1.12 bits per heavy atom. The normalized spacial score (nSPS) is 15.8. The molecule has 0 unspecified atom stereocenters. The number of carbonyl (C=O) groups excluding carboxylic acids is 1. The number of hydrogen-bond donors (Lipinski definition) is 1. The molecule has 2 heterocycles. The number of halogens is 1. The average Bonchev–Trinajstić information content (AvgIpc) is 3.08. The van der Waals surface area contributed by atoms with Gasteiger partial charge in [0.15, 0.2) is 0 Å². The molecule has 1 saturated heterocycles. The highest BCUT2D eigenvalue weighted by Crippen LogP contribution is 2.28. The number of hydrogen-bond acceptors (Lipinski definition) is 4. The Bertz CT molecular complexity index is 873. The molecule has 1 aliphatic heterocycles. The summed E-state index contributed by atoms with van der Waals surface area (Å²) in [5, 5.41) is 2.88. The first kappa shape index (κ1) is 19.2. The van der Waals surface area contributed by atoms with Crippen molar-refractivity contribution in [3.05, 3.63) is 51.9 Å². The number of carbonyl (C=O) groups is 1. The van der Waals surface area contributed by atoms with Crippen molar-refractivity contribution in [3.63, 3.8) is 0 Å². The lowest BCUT2D eigenvalue weighted by molar-refractivity contribution is 0.172. The van der Waals surface area contributed by atoms with Gasteiger partial charge in [0.25, 0.3) is 10.0 Å². The van der Waals surface area contributed by atoms with Gasteiger partial charge >= 0.3 is 6.03 Å². The maximum absolute atomic E-state index is 12.6. The van der Waals surface area contributed by atoms with E-state index in [9.17, 15) is 13.2 Å². The van der Waals surface area contributed by atoms with Crippen LogP contribution >= 0.6 is 22.9 Å². The standard InChI is InChI=1S/C17H20ClN3O3S2/c1-13-2-4-14(5-3-13)12-19-17(22)20-8-10-21(11-9-20)26(23,24)16-7-6-15(18)25-16/h2-7H,8-12H2,1H3,(H,19,22). The van der Waals surface area contributed by atoms with Crippen LogP contribution in [0.4, 0.5) is 4.79 Å². The van der Waals surface area contributed by atoms with E-state index in [4.69, 9.17) is 11.6 Å². The molecule has 0 saturated carbocycles. The molecule has 1 aromatic heterocycles. The molecule has 6 nitrogen and oxygen atoms in total. The van der Waals surface area contributed by atoms with Gasteiger partial charge in [-0.2, -0.15) is 4.31 Å². The monoisotopic (exact) mass is 413 g/mol. The first-order chi connectivity index (χ1) is 12.4. The topological polar surface area (TPSA) is 69.7 Å². The Kier molecular flexibility index (Phi) is 5.86. The molecule has 9 heteroatoms. The second-order valence-electron chi connectivity index (χ2n) is 6.09. The molecule has 2 aromatic rings. The number of benzene rings is 1. The average molecular weight is 414 g/mol. The van der Waals surface area contributed by atoms with Gasteiger partial charge in [0.1, 0.15) is 4.21 Å². The van der Waals surface area contributed by atoms with Crippen molar-refractivity contribution < 1.29 is 13.2 Å². The van der Waals surface area contributed by atoms with Crippen molar-refractivity contribution in [1.29, 1.82) is 0 Å². The molecule has 1 fully saturated rings. The third kappa shape index (κ3) is 4.37. The van der Waals surface area contributed by atoms with E-state index in [0.29, 0.717) is 24.0 Å². The van der Waals surface area contributed by atoms with E-state index in [0.717, 1.165) is 16.9 Å². The molecule has 1 aromatic carbocycles. The highest BCUT2D eigenvalue weighted by Gasteiger charge is 2.31. The fourth-order valence-corrected chi connectivity index (χ4v) is 5.75. The van der Waals surface area contributed by atoms with Crippen LogP contribution in [0.1, 0.15) is 11.1 Å². The van der Waals surface area contributed by atoms with Crippen LogP contribution in [-0.4, -0.2) is 49.8 Å². The summed E-state index contributed by atoms with van der Waals surface area (Å²) in [4.78, 5) is 13.9. The van der Waals surface area contributed by atoms with Crippen LogP contribution in [0.25, 0.3) is 0 Å². The summed E-state index contributed by atoms with van der Waals surface area (Å²) in [5.41, 5.74) is 2.20. The van der Waals surface area contributed by atoms with Crippen LogP contribution in [-0.2, 0) is 16.6 Å². The van der Waals surface area contributed by atoms with Gasteiger partial charge in [0.05, 0.1) is 4.34 Å². The largest absolute Gasteiger partial charge is 0.334 e. The summed E-state index contributed by atoms with van der Waals surface area (Å²) in [6, 6.07) is 10.9. The molecule has 2 amide bonds. The fraction of sp³-hybridized carbons (Fsp3) is 0.353. The number of rotatable bonds is 4. The van der Waals surface area contributed by atoms with Crippen molar-refractivity contribution in [3.8, 4) is 0 Å². The molecule has 140 valence electrons. The van der Waals surface area contributed by atoms with Crippen molar-refractivity contribution in [2.24, 2.45) is 0 Å². The molecular weight excluding hydrogens is 394 g/mol. The number of urea groups is 1. The molecular formula is C17H20ClN3O3S2. The number of piperazine rings is 1. The molecule has 0 bridgehead atoms. The highest BCUT2D eigenvalue weighted by molar-refractivity contribution is 7.91. The van der Waals surface area contributed by atoms with Crippen LogP contribution in [0.5, 0.6) is 0 Å². The molecule has 1 aliphatic rings. The molecule has 1 N–H and O–H groups in total. The SMILES string of the molecule is Cc1ccc(CNC(=O)N2CCN(S(=O)(=O)c3ccc(Cl)s3)CC2)cc1. The number of sulfonamides is 1. The van der Waals surface area contributed by atoms with Gasteiger partial charge in [-0.3, -0.25) is 0 Å². The van der Waals surface area contributed by atoms with E-state index in [1.54, 1.807) is 11.0 Å². The Morgan fingerprint density at radius 3 is 2.35 bits per heavy atom. The van der Waals surface area contributed by atoms with Crippen LogP contribution < -0.4 is 5.32 Å². The van der Waals surface area contributed by atoms with E-state index in [-0.39, 0.29) is 23.3 Å². The summed E-state index contributed by atoms with van der Waals surface area (Å²) < 4.78 is 27.2. The maximum atomic E-state index is 12.6. The maximum Gasteiger partial charge on any atom is 0.317 e. The molecule has 26 heavy (non-hydrogen) atoms. The number of nitrogens with zero attached hydrogens (tertiary/aromatic N) is 2. The minimum atomic E-state index is -3.54. The van der Waals surface area contributed by atoms with Gasteiger partial charge in [-0.1, -0.05) is 41.4 Å². The fourth-order valence-electron chi connectivity index (χ4n) is 2.69. The number of nitrogens with one attached hydrogen (secondary N) is 1. The van der Waals surface area contributed by atoms with Gasteiger partial charge < -0.3 is 10.2 Å². The number of aryl methyl sites for hydroxylation is 1. The Hall–Kier alpha value is -1.61. The van der Waals surface area contributed by atoms with Gasteiger partial charge in [-0.05, 0) is 24.6 Å².